The fraction of sp³-hybridized carbons (Fsp3) is 0.545. The Labute approximate surface area is 88.4 Å². The molecule has 1 fully saturated rings. The summed E-state index contributed by atoms with van der Waals surface area (Å²) < 4.78 is 0. The second-order valence-electron chi connectivity index (χ2n) is 3.91. The summed E-state index contributed by atoms with van der Waals surface area (Å²) in [6.07, 6.45) is 4.50. The zero-order valence-corrected chi connectivity index (χ0v) is 8.68. The molecule has 1 unspecified atom stereocenters. The minimum Gasteiger partial charge on any atom is -0.481 e. The second kappa shape index (κ2) is 3.96. The minimum atomic E-state index is -0.807. The molecule has 80 valence electrons. The van der Waals surface area contributed by atoms with Crippen molar-refractivity contribution in [1.29, 1.82) is 0 Å². The van der Waals surface area contributed by atoms with Gasteiger partial charge in [-0.15, -0.1) is 0 Å². The molecule has 1 aliphatic carbocycles. The van der Waals surface area contributed by atoms with E-state index >= 15 is 0 Å². The van der Waals surface area contributed by atoms with Gasteiger partial charge in [-0.1, -0.05) is 6.92 Å². The molecule has 0 bridgehead atoms. The first-order valence-corrected chi connectivity index (χ1v) is 5.28. The van der Waals surface area contributed by atoms with Crippen molar-refractivity contribution >= 4 is 5.97 Å². The predicted molar refractivity (Wildman–Crippen MR) is 54.7 cm³/mol. The van der Waals surface area contributed by atoms with Crippen molar-refractivity contribution in [3.05, 3.63) is 23.8 Å². The van der Waals surface area contributed by atoms with E-state index in [-0.39, 0.29) is 0 Å². The van der Waals surface area contributed by atoms with E-state index in [4.69, 9.17) is 5.11 Å². The molecule has 1 heterocycles. The Balaban J connectivity index is 2.25. The van der Waals surface area contributed by atoms with Crippen molar-refractivity contribution in [2.24, 2.45) is 0 Å². The fourth-order valence-corrected chi connectivity index (χ4v) is 1.63. The average Bonchev–Trinajstić information content (AvgIpc) is 3.02. The Kier molecular flexibility index (Phi) is 2.66. The van der Waals surface area contributed by atoms with Gasteiger partial charge in [-0.2, -0.15) is 0 Å². The van der Waals surface area contributed by atoms with Crippen LogP contribution in [0.5, 0.6) is 0 Å². The van der Waals surface area contributed by atoms with E-state index in [0.717, 1.165) is 18.7 Å². The number of aromatic nitrogens is 2. The van der Waals surface area contributed by atoms with Crippen molar-refractivity contribution in [1.82, 2.24) is 9.97 Å². The van der Waals surface area contributed by atoms with Crippen LogP contribution in [0.15, 0.2) is 12.3 Å². The van der Waals surface area contributed by atoms with Gasteiger partial charge in [-0.05, 0) is 25.3 Å². The lowest BCUT2D eigenvalue weighted by atomic mass is 10.0. The molecule has 1 aromatic heterocycles. The molecule has 0 spiro atoms. The lowest BCUT2D eigenvalue weighted by Crippen LogP contribution is -2.13. The number of carbonyl (C=O) groups is 1. The molecule has 0 saturated heterocycles. The third kappa shape index (κ3) is 2.14. The van der Waals surface area contributed by atoms with Crippen molar-refractivity contribution < 1.29 is 9.90 Å². The van der Waals surface area contributed by atoms with Gasteiger partial charge in [0.25, 0.3) is 0 Å². The van der Waals surface area contributed by atoms with Crippen LogP contribution in [0.25, 0.3) is 0 Å². The van der Waals surface area contributed by atoms with Gasteiger partial charge in [0.2, 0.25) is 0 Å². The first-order valence-electron chi connectivity index (χ1n) is 5.28. The van der Waals surface area contributed by atoms with Gasteiger partial charge in [0, 0.05) is 12.1 Å². The number of hydrogen-bond acceptors (Lipinski definition) is 3. The highest BCUT2D eigenvalue weighted by Crippen LogP contribution is 2.38. The molecular weight excluding hydrogens is 192 g/mol. The van der Waals surface area contributed by atoms with Gasteiger partial charge in [0.15, 0.2) is 0 Å². The molecule has 0 radical (unpaired) electrons. The van der Waals surface area contributed by atoms with Crippen LogP contribution in [-0.2, 0) is 4.79 Å². The van der Waals surface area contributed by atoms with Gasteiger partial charge < -0.3 is 5.11 Å². The van der Waals surface area contributed by atoms with Crippen molar-refractivity contribution in [3.63, 3.8) is 0 Å². The first kappa shape index (κ1) is 10.1. The average molecular weight is 206 g/mol. The highest BCUT2D eigenvalue weighted by atomic mass is 16.4. The molecule has 1 atom stereocenters. The molecule has 0 aliphatic heterocycles. The van der Waals surface area contributed by atoms with E-state index < -0.39 is 11.9 Å². The van der Waals surface area contributed by atoms with Crippen molar-refractivity contribution in [2.45, 2.75) is 38.0 Å². The number of rotatable bonds is 4. The summed E-state index contributed by atoms with van der Waals surface area (Å²) in [5.74, 6) is -0.0214. The number of hydrogen-bond donors (Lipinski definition) is 1. The van der Waals surface area contributed by atoms with Crippen molar-refractivity contribution in [2.75, 3.05) is 0 Å². The summed E-state index contributed by atoms with van der Waals surface area (Å²) in [5, 5.41) is 9.01. The number of carboxylic acids is 1. The quantitative estimate of drug-likeness (QED) is 0.817. The van der Waals surface area contributed by atoms with Gasteiger partial charge in [0.05, 0.1) is 11.6 Å². The van der Waals surface area contributed by atoms with Crippen molar-refractivity contribution in [3.8, 4) is 0 Å². The maximum atomic E-state index is 11.0. The summed E-state index contributed by atoms with van der Waals surface area (Å²) in [5.41, 5.74) is 0.641. The SMILES string of the molecule is CCC(C(=O)O)c1ccnc(C2CC2)n1. The molecule has 1 N–H and O–H groups in total. The second-order valence-corrected chi connectivity index (χ2v) is 3.91. The van der Waals surface area contributed by atoms with E-state index in [2.05, 4.69) is 9.97 Å². The fourth-order valence-electron chi connectivity index (χ4n) is 1.63. The number of nitrogens with zero attached hydrogens (tertiary/aromatic N) is 2. The highest BCUT2D eigenvalue weighted by molar-refractivity contribution is 5.75. The first-order chi connectivity index (χ1) is 7.22. The van der Waals surface area contributed by atoms with Crippen LogP contribution in [-0.4, -0.2) is 21.0 Å². The third-order valence-electron chi connectivity index (χ3n) is 2.70. The maximum Gasteiger partial charge on any atom is 0.312 e. The lowest BCUT2D eigenvalue weighted by molar-refractivity contribution is -0.138. The van der Waals surface area contributed by atoms with Crippen LogP contribution >= 0.6 is 0 Å². The van der Waals surface area contributed by atoms with Crippen LogP contribution in [0, 0.1) is 0 Å². The van der Waals surface area contributed by atoms with E-state index in [1.807, 2.05) is 6.92 Å². The Hall–Kier alpha value is -1.45. The predicted octanol–water partition coefficient (Wildman–Crippen LogP) is 1.93. The van der Waals surface area contributed by atoms with Gasteiger partial charge in [0.1, 0.15) is 5.82 Å². The largest absolute Gasteiger partial charge is 0.481 e. The molecule has 15 heavy (non-hydrogen) atoms. The summed E-state index contributed by atoms with van der Waals surface area (Å²) in [7, 11) is 0. The summed E-state index contributed by atoms with van der Waals surface area (Å²) in [4.78, 5) is 19.5. The van der Waals surface area contributed by atoms with E-state index in [1.165, 1.54) is 0 Å². The summed E-state index contributed by atoms with van der Waals surface area (Å²) in [6.45, 7) is 1.86. The van der Waals surface area contributed by atoms with Gasteiger partial charge >= 0.3 is 5.97 Å². The summed E-state index contributed by atoms with van der Waals surface area (Å²) in [6, 6.07) is 1.70. The molecule has 1 saturated carbocycles. The van der Waals surface area contributed by atoms with E-state index in [9.17, 15) is 4.79 Å². The Bertz CT molecular complexity index is 375. The molecule has 1 aliphatic rings. The Morgan fingerprint density at radius 1 is 1.67 bits per heavy atom. The van der Waals surface area contributed by atoms with E-state index in [1.54, 1.807) is 12.3 Å². The van der Waals surface area contributed by atoms with E-state index in [0.29, 0.717) is 18.0 Å². The minimum absolute atomic E-state index is 0.469. The highest BCUT2D eigenvalue weighted by Gasteiger charge is 2.28. The van der Waals surface area contributed by atoms with Crippen LogP contribution in [0.3, 0.4) is 0 Å². The lowest BCUT2D eigenvalue weighted by Gasteiger charge is -2.09. The number of carboxylic acid groups (broad SMARTS) is 1. The molecule has 0 aromatic carbocycles. The number of aliphatic carboxylic acids is 1. The normalized spacial score (nSPS) is 17.4. The molecular formula is C11H14N2O2. The third-order valence-corrected chi connectivity index (χ3v) is 2.70. The topological polar surface area (TPSA) is 63.1 Å². The zero-order valence-electron chi connectivity index (χ0n) is 8.68. The Morgan fingerprint density at radius 3 is 2.93 bits per heavy atom. The standard InChI is InChI=1S/C11H14N2O2/c1-2-8(11(14)15)9-5-6-12-10(13-9)7-3-4-7/h5-8H,2-4H2,1H3,(H,14,15). The molecule has 1 aromatic rings. The molecule has 2 rings (SSSR count). The molecule has 4 heteroatoms. The molecule has 4 nitrogen and oxygen atoms in total. The zero-order chi connectivity index (χ0) is 10.8. The van der Waals surface area contributed by atoms with Crippen LogP contribution in [0.4, 0.5) is 0 Å². The maximum absolute atomic E-state index is 11.0. The van der Waals surface area contributed by atoms with Gasteiger partial charge in [-0.3, -0.25) is 4.79 Å². The van der Waals surface area contributed by atoms with Gasteiger partial charge in [-0.25, -0.2) is 9.97 Å². The molecule has 0 amide bonds. The smallest absolute Gasteiger partial charge is 0.312 e. The van der Waals surface area contributed by atoms with Crippen LogP contribution in [0.2, 0.25) is 0 Å². The van der Waals surface area contributed by atoms with Crippen LogP contribution in [0.1, 0.15) is 49.5 Å². The Morgan fingerprint density at radius 2 is 2.40 bits per heavy atom. The summed E-state index contributed by atoms with van der Waals surface area (Å²) >= 11 is 0. The monoisotopic (exact) mass is 206 g/mol. The van der Waals surface area contributed by atoms with Crippen LogP contribution < -0.4 is 0 Å².